The van der Waals surface area contributed by atoms with E-state index in [2.05, 4.69) is 26.6 Å². The Morgan fingerprint density at radius 2 is 2.10 bits per heavy atom. The van der Waals surface area contributed by atoms with Gasteiger partial charge in [-0.1, -0.05) is 0 Å². The number of carbonyl (C=O) groups is 2. The van der Waals surface area contributed by atoms with Crippen LogP contribution in [0.15, 0.2) is 16.6 Å². The summed E-state index contributed by atoms with van der Waals surface area (Å²) < 4.78 is 31.8. The Bertz CT molecular complexity index is 539. The molecule has 21 heavy (non-hydrogen) atoms. The molecule has 1 aliphatic rings. The average Bonchev–Trinajstić information content (AvgIpc) is 2.93. The van der Waals surface area contributed by atoms with Gasteiger partial charge in [0.25, 0.3) is 0 Å². The predicted molar refractivity (Wildman–Crippen MR) is 74.7 cm³/mol. The molecular formula is C13H13BrF2N2O3. The van der Waals surface area contributed by atoms with Crippen molar-refractivity contribution in [2.75, 3.05) is 18.5 Å². The van der Waals surface area contributed by atoms with Crippen molar-refractivity contribution in [3.05, 3.63) is 28.2 Å². The zero-order chi connectivity index (χ0) is 15.4. The van der Waals surface area contributed by atoms with Crippen LogP contribution in [0.4, 0.5) is 14.5 Å². The highest BCUT2D eigenvalue weighted by Crippen LogP contribution is 2.26. The van der Waals surface area contributed by atoms with Crippen molar-refractivity contribution in [1.82, 2.24) is 5.32 Å². The van der Waals surface area contributed by atoms with Crippen molar-refractivity contribution in [2.45, 2.75) is 18.9 Å². The van der Waals surface area contributed by atoms with Crippen LogP contribution in [-0.4, -0.2) is 31.1 Å². The molecule has 1 aliphatic heterocycles. The third-order valence-electron chi connectivity index (χ3n) is 2.97. The van der Waals surface area contributed by atoms with E-state index in [0.717, 1.165) is 18.9 Å². The molecule has 1 heterocycles. The van der Waals surface area contributed by atoms with Crippen molar-refractivity contribution >= 4 is 33.4 Å². The molecule has 8 heteroatoms. The molecule has 2 rings (SSSR count). The van der Waals surface area contributed by atoms with Gasteiger partial charge in [-0.2, -0.15) is 0 Å². The van der Waals surface area contributed by atoms with Crippen LogP contribution in [0.3, 0.4) is 0 Å². The first kappa shape index (κ1) is 15.8. The second kappa shape index (κ2) is 6.95. The molecule has 0 unspecified atom stereocenters. The molecule has 1 aromatic rings. The lowest BCUT2D eigenvalue weighted by Gasteiger charge is -2.11. The standard InChI is InChI=1S/C13H13BrF2N2O3/c14-9-4-7(15)5-10(16)11(9)18-13(20)12(19)17-6-8-2-1-3-21-8/h4-5,8H,1-3,6H2,(H,17,19)(H,18,20)/t8-/m0/s1. The smallest absolute Gasteiger partial charge is 0.313 e. The van der Waals surface area contributed by atoms with Crippen LogP contribution in [-0.2, 0) is 14.3 Å². The van der Waals surface area contributed by atoms with Gasteiger partial charge in [0.1, 0.15) is 5.82 Å². The summed E-state index contributed by atoms with van der Waals surface area (Å²) in [6.07, 6.45) is 1.64. The molecule has 1 aromatic carbocycles. The molecule has 0 aliphatic carbocycles. The van der Waals surface area contributed by atoms with Crippen LogP contribution in [0.1, 0.15) is 12.8 Å². The number of halogens is 3. The number of carbonyl (C=O) groups excluding carboxylic acids is 2. The number of hydrogen-bond acceptors (Lipinski definition) is 3. The fourth-order valence-corrected chi connectivity index (χ4v) is 2.43. The van der Waals surface area contributed by atoms with Crippen molar-refractivity contribution in [2.24, 2.45) is 0 Å². The first-order valence-corrected chi connectivity index (χ1v) is 7.12. The molecule has 1 fully saturated rings. The summed E-state index contributed by atoms with van der Waals surface area (Å²) >= 11 is 2.92. The number of anilines is 1. The summed E-state index contributed by atoms with van der Waals surface area (Å²) in [4.78, 5) is 23.3. The molecule has 2 N–H and O–H groups in total. The topological polar surface area (TPSA) is 67.4 Å². The van der Waals surface area contributed by atoms with Gasteiger partial charge >= 0.3 is 11.8 Å². The van der Waals surface area contributed by atoms with E-state index in [-0.39, 0.29) is 22.8 Å². The zero-order valence-electron chi connectivity index (χ0n) is 10.9. The molecule has 5 nitrogen and oxygen atoms in total. The third kappa shape index (κ3) is 4.21. The Kier molecular flexibility index (Phi) is 5.24. The Labute approximate surface area is 128 Å². The van der Waals surface area contributed by atoms with E-state index in [1.54, 1.807) is 0 Å². The van der Waals surface area contributed by atoms with Gasteiger partial charge in [0.15, 0.2) is 5.82 Å². The molecule has 0 saturated carbocycles. The monoisotopic (exact) mass is 362 g/mol. The highest BCUT2D eigenvalue weighted by molar-refractivity contribution is 9.10. The Morgan fingerprint density at radius 1 is 1.33 bits per heavy atom. The summed E-state index contributed by atoms with van der Waals surface area (Å²) in [6.45, 7) is 0.861. The highest BCUT2D eigenvalue weighted by atomic mass is 79.9. The first-order valence-electron chi connectivity index (χ1n) is 6.32. The molecule has 0 spiro atoms. The minimum Gasteiger partial charge on any atom is -0.376 e. The van der Waals surface area contributed by atoms with Crippen molar-refractivity contribution in [3.63, 3.8) is 0 Å². The van der Waals surface area contributed by atoms with Crippen LogP contribution >= 0.6 is 15.9 Å². The SMILES string of the molecule is O=C(NC[C@@H]1CCCO1)C(=O)Nc1c(F)cc(F)cc1Br. The van der Waals surface area contributed by atoms with Crippen LogP contribution < -0.4 is 10.6 Å². The van der Waals surface area contributed by atoms with E-state index in [1.165, 1.54) is 0 Å². The Balaban J connectivity index is 1.92. The minimum absolute atomic E-state index is 0.0141. The summed E-state index contributed by atoms with van der Waals surface area (Å²) in [5, 5.41) is 4.51. The van der Waals surface area contributed by atoms with Gasteiger partial charge in [0, 0.05) is 23.7 Å². The van der Waals surface area contributed by atoms with Crippen LogP contribution in [0, 0.1) is 11.6 Å². The van der Waals surface area contributed by atoms with E-state index >= 15 is 0 Å². The van der Waals surface area contributed by atoms with Gasteiger partial charge < -0.3 is 15.4 Å². The van der Waals surface area contributed by atoms with E-state index in [9.17, 15) is 18.4 Å². The summed E-state index contributed by atoms with van der Waals surface area (Å²) in [7, 11) is 0. The summed E-state index contributed by atoms with van der Waals surface area (Å²) in [6, 6.07) is 1.60. The third-order valence-corrected chi connectivity index (χ3v) is 3.59. The van der Waals surface area contributed by atoms with Gasteiger partial charge in [-0.05, 0) is 34.8 Å². The normalized spacial score (nSPS) is 17.6. The molecule has 114 valence electrons. The lowest BCUT2D eigenvalue weighted by molar-refractivity contribution is -0.136. The Hall–Kier alpha value is -1.54. The quantitative estimate of drug-likeness (QED) is 0.807. The number of ether oxygens (including phenoxy) is 1. The van der Waals surface area contributed by atoms with E-state index in [4.69, 9.17) is 4.74 Å². The molecule has 1 atom stereocenters. The lowest BCUT2D eigenvalue weighted by atomic mass is 10.2. The summed E-state index contributed by atoms with van der Waals surface area (Å²) in [5.74, 6) is -3.69. The van der Waals surface area contributed by atoms with E-state index < -0.39 is 23.4 Å². The maximum Gasteiger partial charge on any atom is 0.313 e. The fraction of sp³-hybridized carbons (Fsp3) is 0.385. The molecule has 2 amide bonds. The largest absolute Gasteiger partial charge is 0.376 e. The fourth-order valence-electron chi connectivity index (χ4n) is 1.92. The van der Waals surface area contributed by atoms with Gasteiger partial charge in [0.2, 0.25) is 0 Å². The number of rotatable bonds is 3. The predicted octanol–water partition coefficient (Wildman–Crippen LogP) is 1.96. The second-order valence-corrected chi connectivity index (χ2v) is 5.40. The number of benzene rings is 1. The van der Waals surface area contributed by atoms with E-state index in [1.807, 2.05) is 0 Å². The lowest BCUT2D eigenvalue weighted by Crippen LogP contribution is -2.39. The zero-order valence-corrected chi connectivity index (χ0v) is 12.5. The highest BCUT2D eigenvalue weighted by Gasteiger charge is 2.21. The first-order chi connectivity index (χ1) is 9.97. The van der Waals surface area contributed by atoms with Gasteiger partial charge in [-0.25, -0.2) is 8.78 Å². The van der Waals surface area contributed by atoms with Crippen molar-refractivity contribution in [1.29, 1.82) is 0 Å². The van der Waals surface area contributed by atoms with Gasteiger partial charge in [-0.3, -0.25) is 9.59 Å². The maximum absolute atomic E-state index is 13.5. The molecule has 0 radical (unpaired) electrons. The number of nitrogens with one attached hydrogen (secondary N) is 2. The van der Waals surface area contributed by atoms with Crippen LogP contribution in [0.2, 0.25) is 0 Å². The molecular weight excluding hydrogens is 350 g/mol. The Morgan fingerprint density at radius 3 is 2.71 bits per heavy atom. The van der Waals surface area contributed by atoms with E-state index in [0.29, 0.717) is 12.7 Å². The second-order valence-electron chi connectivity index (χ2n) is 4.54. The van der Waals surface area contributed by atoms with Crippen LogP contribution in [0.25, 0.3) is 0 Å². The number of amides is 2. The molecule has 0 bridgehead atoms. The molecule has 0 aromatic heterocycles. The van der Waals surface area contributed by atoms with Crippen molar-refractivity contribution in [3.8, 4) is 0 Å². The molecule has 1 saturated heterocycles. The number of hydrogen-bond donors (Lipinski definition) is 2. The van der Waals surface area contributed by atoms with Gasteiger partial charge in [0.05, 0.1) is 11.8 Å². The summed E-state index contributed by atoms with van der Waals surface area (Å²) in [5.41, 5.74) is -0.284. The maximum atomic E-state index is 13.5. The minimum atomic E-state index is -1.03. The van der Waals surface area contributed by atoms with Crippen molar-refractivity contribution < 1.29 is 23.1 Å². The average molecular weight is 363 g/mol. The van der Waals surface area contributed by atoms with Crippen LogP contribution in [0.5, 0.6) is 0 Å². The van der Waals surface area contributed by atoms with Gasteiger partial charge in [-0.15, -0.1) is 0 Å².